The van der Waals surface area contributed by atoms with E-state index in [0.29, 0.717) is 18.5 Å². The zero-order valence-corrected chi connectivity index (χ0v) is 12.8. The number of fused-ring (bicyclic) bond motifs is 1. The molecule has 0 aromatic rings. The lowest BCUT2D eigenvalue weighted by atomic mass is 9.76. The molecule has 1 saturated heterocycles. The fraction of sp³-hybridized carbons (Fsp3) is 0.733. The first-order valence-electron chi connectivity index (χ1n) is 7.26. The maximum absolute atomic E-state index is 14.1. The Hall–Kier alpha value is -0.645. The highest BCUT2D eigenvalue weighted by Crippen LogP contribution is 2.33. The molecule has 0 spiro atoms. The van der Waals surface area contributed by atoms with Crippen molar-refractivity contribution in [1.29, 1.82) is 0 Å². The van der Waals surface area contributed by atoms with E-state index in [-0.39, 0.29) is 19.4 Å². The molecule has 1 aliphatic heterocycles. The highest BCUT2D eigenvalue weighted by Gasteiger charge is 2.36. The molecule has 0 amide bonds. The van der Waals surface area contributed by atoms with E-state index in [1.807, 2.05) is 19.9 Å². The summed E-state index contributed by atoms with van der Waals surface area (Å²) in [5.74, 6) is -0.160. The van der Waals surface area contributed by atoms with Crippen LogP contribution in [0.15, 0.2) is 22.9 Å². The Labute approximate surface area is 121 Å². The zero-order valence-electron chi connectivity index (χ0n) is 12.8. The molecule has 2 aliphatic rings. The summed E-state index contributed by atoms with van der Waals surface area (Å²) in [7, 11) is 0.180. The first-order valence-corrected chi connectivity index (χ1v) is 7.26. The van der Waals surface area contributed by atoms with Crippen LogP contribution in [0.1, 0.15) is 47.0 Å². The SMILES string of the molecule is CC(C)(O)C(C)(C)OBC1=C(F)CC2OCCCC2=C1. The second kappa shape index (κ2) is 5.62. The van der Waals surface area contributed by atoms with Crippen LogP contribution in [0.4, 0.5) is 4.39 Å². The van der Waals surface area contributed by atoms with Crippen LogP contribution >= 0.6 is 0 Å². The summed E-state index contributed by atoms with van der Waals surface area (Å²) in [5.41, 5.74) is 0.0255. The molecule has 1 N–H and O–H groups in total. The minimum absolute atomic E-state index is 0.0882. The Morgan fingerprint density at radius 1 is 1.40 bits per heavy atom. The van der Waals surface area contributed by atoms with E-state index in [1.54, 1.807) is 13.8 Å². The van der Waals surface area contributed by atoms with Gasteiger partial charge < -0.3 is 14.5 Å². The average Bonchev–Trinajstić information content (AvgIpc) is 2.35. The van der Waals surface area contributed by atoms with Gasteiger partial charge in [0.25, 0.3) is 0 Å². The summed E-state index contributed by atoms with van der Waals surface area (Å²) in [6, 6.07) is 0. The van der Waals surface area contributed by atoms with Gasteiger partial charge in [0.2, 0.25) is 0 Å². The first kappa shape index (κ1) is 15.7. The van der Waals surface area contributed by atoms with Gasteiger partial charge in [0, 0.05) is 13.0 Å². The number of aliphatic hydroxyl groups is 1. The lowest BCUT2D eigenvalue weighted by Crippen LogP contribution is -2.48. The molecule has 1 aliphatic carbocycles. The highest BCUT2D eigenvalue weighted by atomic mass is 19.1. The molecule has 1 unspecified atom stereocenters. The summed E-state index contributed by atoms with van der Waals surface area (Å²) in [4.78, 5) is 0. The smallest absolute Gasteiger partial charge is 0.312 e. The van der Waals surface area contributed by atoms with Crippen LogP contribution in [0.25, 0.3) is 0 Å². The summed E-state index contributed by atoms with van der Waals surface area (Å²) >= 11 is 0. The van der Waals surface area contributed by atoms with Crippen molar-refractivity contribution in [3.05, 3.63) is 22.9 Å². The fourth-order valence-electron chi connectivity index (χ4n) is 2.28. The molecule has 0 saturated carbocycles. The maximum Gasteiger partial charge on any atom is 0.312 e. The first-order chi connectivity index (χ1) is 9.21. The van der Waals surface area contributed by atoms with Gasteiger partial charge in [-0.2, -0.15) is 0 Å². The maximum atomic E-state index is 14.1. The third-order valence-electron chi connectivity index (χ3n) is 4.48. The molecule has 20 heavy (non-hydrogen) atoms. The van der Waals surface area contributed by atoms with E-state index >= 15 is 0 Å². The van der Waals surface area contributed by atoms with Gasteiger partial charge >= 0.3 is 7.48 Å². The van der Waals surface area contributed by atoms with Crippen molar-refractivity contribution in [1.82, 2.24) is 0 Å². The molecular weight excluding hydrogens is 258 g/mol. The minimum Gasteiger partial charge on any atom is -0.427 e. The Kier molecular flexibility index (Phi) is 4.43. The summed E-state index contributed by atoms with van der Waals surface area (Å²) in [6.45, 7) is 7.74. The largest absolute Gasteiger partial charge is 0.427 e. The van der Waals surface area contributed by atoms with Crippen molar-refractivity contribution in [3.8, 4) is 0 Å². The second-order valence-electron chi connectivity index (χ2n) is 6.67. The molecule has 3 nitrogen and oxygen atoms in total. The Morgan fingerprint density at radius 3 is 2.75 bits per heavy atom. The molecule has 112 valence electrons. The van der Waals surface area contributed by atoms with Gasteiger partial charge in [-0.1, -0.05) is 6.08 Å². The molecule has 1 heterocycles. The summed E-state index contributed by atoms with van der Waals surface area (Å²) < 4.78 is 25.4. The molecule has 0 aromatic heterocycles. The third kappa shape index (κ3) is 3.33. The van der Waals surface area contributed by atoms with E-state index in [1.165, 1.54) is 0 Å². The molecule has 2 rings (SSSR count). The van der Waals surface area contributed by atoms with Crippen LogP contribution in [0.3, 0.4) is 0 Å². The topological polar surface area (TPSA) is 38.7 Å². The van der Waals surface area contributed by atoms with Crippen molar-refractivity contribution < 1.29 is 18.9 Å². The van der Waals surface area contributed by atoms with Crippen molar-refractivity contribution in [2.24, 2.45) is 0 Å². The molecule has 1 fully saturated rings. The summed E-state index contributed by atoms with van der Waals surface area (Å²) in [5, 5.41) is 10.1. The van der Waals surface area contributed by atoms with Crippen molar-refractivity contribution in [2.45, 2.75) is 64.3 Å². The van der Waals surface area contributed by atoms with Crippen molar-refractivity contribution >= 4 is 7.48 Å². The quantitative estimate of drug-likeness (QED) is 0.805. The van der Waals surface area contributed by atoms with Crippen molar-refractivity contribution in [2.75, 3.05) is 6.61 Å². The van der Waals surface area contributed by atoms with Crippen molar-refractivity contribution in [3.63, 3.8) is 0 Å². The predicted octanol–water partition coefficient (Wildman–Crippen LogP) is 2.59. The van der Waals surface area contributed by atoms with E-state index in [4.69, 9.17) is 9.39 Å². The number of hydrogen-bond donors (Lipinski definition) is 1. The van der Waals surface area contributed by atoms with Crippen LogP contribution in [0.5, 0.6) is 0 Å². The normalized spacial score (nSPS) is 24.3. The monoisotopic (exact) mass is 282 g/mol. The van der Waals surface area contributed by atoms with Gasteiger partial charge in [-0.15, -0.1) is 0 Å². The van der Waals surface area contributed by atoms with E-state index in [0.717, 1.165) is 18.4 Å². The summed E-state index contributed by atoms with van der Waals surface area (Å²) in [6.07, 6.45) is 4.06. The molecular formula is C15H24BFO3. The van der Waals surface area contributed by atoms with E-state index < -0.39 is 11.2 Å². The predicted molar refractivity (Wildman–Crippen MR) is 78.4 cm³/mol. The van der Waals surface area contributed by atoms with Gasteiger partial charge in [0.05, 0.1) is 23.1 Å². The lowest BCUT2D eigenvalue weighted by molar-refractivity contribution is -0.0897. The van der Waals surface area contributed by atoms with E-state index in [2.05, 4.69) is 0 Å². The van der Waals surface area contributed by atoms with Gasteiger partial charge in [0.1, 0.15) is 0 Å². The van der Waals surface area contributed by atoms with Gasteiger partial charge in [-0.25, -0.2) is 4.39 Å². The van der Waals surface area contributed by atoms with Gasteiger partial charge in [0.15, 0.2) is 0 Å². The number of rotatable bonds is 4. The fourth-order valence-corrected chi connectivity index (χ4v) is 2.28. The van der Waals surface area contributed by atoms with Gasteiger partial charge in [-0.3, -0.25) is 0 Å². The van der Waals surface area contributed by atoms with Crippen LogP contribution < -0.4 is 0 Å². The zero-order chi connectivity index (χ0) is 15.0. The minimum atomic E-state index is -0.984. The van der Waals surface area contributed by atoms with Gasteiger partial charge in [-0.05, 0) is 51.6 Å². The Bertz CT molecular complexity index is 435. The number of allylic oxidation sites excluding steroid dienone is 2. The number of halogens is 1. The van der Waals surface area contributed by atoms with Crippen LogP contribution in [-0.4, -0.2) is 36.5 Å². The lowest BCUT2D eigenvalue weighted by Gasteiger charge is -2.38. The molecule has 0 bridgehead atoms. The number of hydrogen-bond acceptors (Lipinski definition) is 3. The highest BCUT2D eigenvalue weighted by molar-refractivity contribution is 6.39. The molecule has 1 atom stereocenters. The van der Waals surface area contributed by atoms with Crippen LogP contribution in [-0.2, 0) is 9.39 Å². The van der Waals surface area contributed by atoms with E-state index in [9.17, 15) is 9.50 Å². The Morgan fingerprint density at radius 2 is 2.10 bits per heavy atom. The second-order valence-corrected chi connectivity index (χ2v) is 6.67. The average molecular weight is 282 g/mol. The number of ether oxygens (including phenoxy) is 1. The Balaban J connectivity index is 2.05. The third-order valence-corrected chi connectivity index (χ3v) is 4.48. The molecule has 0 radical (unpaired) electrons. The standard InChI is InChI=1S/C15H24BFO3/c1-14(2,18)15(3,4)20-16-11-8-10-6-5-7-19-13(10)9-12(11)17/h8,13,16,18H,5-7,9H2,1-4H3. The van der Waals surface area contributed by atoms with Crippen LogP contribution in [0.2, 0.25) is 0 Å². The molecule has 0 aromatic carbocycles. The van der Waals surface area contributed by atoms with Crippen LogP contribution in [0, 0.1) is 0 Å². The molecule has 5 heteroatoms.